The summed E-state index contributed by atoms with van der Waals surface area (Å²) in [6.45, 7) is 4.93. The number of carbonyl (C=O) groups is 1. The van der Waals surface area contributed by atoms with E-state index in [9.17, 15) is 4.79 Å². The highest BCUT2D eigenvalue weighted by atomic mass is 32.1. The van der Waals surface area contributed by atoms with Gasteiger partial charge in [0.1, 0.15) is 0 Å². The summed E-state index contributed by atoms with van der Waals surface area (Å²) in [7, 11) is 0. The summed E-state index contributed by atoms with van der Waals surface area (Å²) < 4.78 is 0. The topological polar surface area (TPSA) is 72.0 Å². The standard InChI is InChI=1S/C6H13N3O3S/c1-3-7-5(8-4-2)11-12-9-6(10)13/h3-4H2,1-2H3,(H,7,8)(H2,9,10,13). The van der Waals surface area contributed by atoms with Gasteiger partial charge in [0.2, 0.25) is 0 Å². The van der Waals surface area contributed by atoms with Crippen molar-refractivity contribution in [1.29, 1.82) is 0 Å². The van der Waals surface area contributed by atoms with Gasteiger partial charge in [-0.05, 0) is 13.8 Å². The van der Waals surface area contributed by atoms with Crippen LogP contribution in [0.2, 0.25) is 0 Å². The van der Waals surface area contributed by atoms with Crippen LogP contribution in [0.3, 0.4) is 0 Å². The maximum atomic E-state index is 10.2. The molecule has 0 saturated carbocycles. The Labute approximate surface area is 82.0 Å². The number of amides is 1. The van der Waals surface area contributed by atoms with Gasteiger partial charge in [0, 0.05) is 13.1 Å². The van der Waals surface area contributed by atoms with Gasteiger partial charge in [0.05, 0.1) is 0 Å². The zero-order valence-electron chi connectivity index (χ0n) is 7.53. The molecule has 0 aromatic carbocycles. The fourth-order valence-electron chi connectivity index (χ4n) is 0.502. The van der Waals surface area contributed by atoms with Crippen LogP contribution in [0.5, 0.6) is 0 Å². The number of aliphatic imine (C=N–C) groups is 1. The van der Waals surface area contributed by atoms with E-state index in [0.717, 1.165) is 0 Å². The van der Waals surface area contributed by atoms with Gasteiger partial charge in [-0.15, -0.1) is 0 Å². The van der Waals surface area contributed by atoms with Crippen LogP contribution in [0.4, 0.5) is 4.79 Å². The molecule has 0 aliphatic carbocycles. The SMILES string of the molecule is CCN=C(NCC)OONC(=O)S. The summed E-state index contributed by atoms with van der Waals surface area (Å²) in [6.07, 6.45) is 0. The van der Waals surface area contributed by atoms with Crippen molar-refractivity contribution in [3.8, 4) is 0 Å². The molecule has 0 aromatic rings. The van der Waals surface area contributed by atoms with Crippen LogP contribution < -0.4 is 10.8 Å². The normalized spacial score (nSPS) is 10.8. The summed E-state index contributed by atoms with van der Waals surface area (Å²) in [6, 6.07) is 0.215. The number of hydrogen-bond acceptors (Lipinski definition) is 4. The van der Waals surface area contributed by atoms with Crippen LogP contribution >= 0.6 is 12.6 Å². The van der Waals surface area contributed by atoms with E-state index in [1.54, 1.807) is 0 Å². The third-order valence-corrected chi connectivity index (χ3v) is 0.971. The fraction of sp³-hybridized carbons (Fsp3) is 0.667. The molecular weight excluding hydrogens is 194 g/mol. The summed E-state index contributed by atoms with van der Waals surface area (Å²) in [5.41, 5.74) is 1.88. The number of thiol groups is 1. The molecule has 0 rings (SSSR count). The van der Waals surface area contributed by atoms with Crippen molar-refractivity contribution in [3.05, 3.63) is 0 Å². The van der Waals surface area contributed by atoms with Crippen LogP contribution in [-0.4, -0.2) is 24.4 Å². The minimum Gasteiger partial charge on any atom is -0.338 e. The quantitative estimate of drug-likeness (QED) is 0.206. The van der Waals surface area contributed by atoms with Gasteiger partial charge in [-0.25, -0.2) is 4.99 Å². The van der Waals surface area contributed by atoms with Crippen LogP contribution in [0, 0.1) is 0 Å². The van der Waals surface area contributed by atoms with E-state index >= 15 is 0 Å². The van der Waals surface area contributed by atoms with Crippen molar-refractivity contribution in [3.63, 3.8) is 0 Å². The van der Waals surface area contributed by atoms with Gasteiger partial charge in [0.25, 0.3) is 0 Å². The van der Waals surface area contributed by atoms with E-state index in [1.807, 2.05) is 19.3 Å². The number of hydrogen-bond donors (Lipinski definition) is 3. The van der Waals surface area contributed by atoms with Crippen molar-refractivity contribution in [2.45, 2.75) is 13.8 Å². The molecule has 0 heterocycles. The summed E-state index contributed by atoms with van der Waals surface area (Å²) in [5.74, 6) is 0. The van der Waals surface area contributed by atoms with Crippen LogP contribution in [0.15, 0.2) is 4.99 Å². The molecule has 0 spiro atoms. The molecule has 0 aromatic heterocycles. The lowest BCUT2D eigenvalue weighted by Crippen LogP contribution is -2.29. The van der Waals surface area contributed by atoms with Gasteiger partial charge in [-0.2, -0.15) is 5.48 Å². The summed E-state index contributed by atoms with van der Waals surface area (Å²) in [5, 5.41) is 2.14. The number of nitrogens with zero attached hydrogens (tertiary/aromatic N) is 1. The highest BCUT2D eigenvalue weighted by Gasteiger charge is 1.99. The number of nitrogens with one attached hydrogen (secondary N) is 2. The molecule has 76 valence electrons. The maximum Gasteiger partial charge on any atom is 0.325 e. The average Bonchev–Trinajstić information content (AvgIpc) is 2.04. The van der Waals surface area contributed by atoms with Crippen LogP contribution in [0.25, 0.3) is 0 Å². The smallest absolute Gasteiger partial charge is 0.325 e. The van der Waals surface area contributed by atoms with Crippen molar-refractivity contribution in [2.24, 2.45) is 4.99 Å². The van der Waals surface area contributed by atoms with Gasteiger partial charge >= 0.3 is 11.3 Å². The second-order valence-corrected chi connectivity index (χ2v) is 2.29. The van der Waals surface area contributed by atoms with Crippen molar-refractivity contribution >= 4 is 23.9 Å². The average molecular weight is 207 g/mol. The first-order valence-corrected chi connectivity index (χ1v) is 4.26. The molecule has 0 unspecified atom stereocenters. The molecule has 0 aliphatic rings. The molecular formula is C6H13N3O3S. The zero-order valence-corrected chi connectivity index (χ0v) is 8.43. The Morgan fingerprint density at radius 2 is 2.23 bits per heavy atom. The number of rotatable bonds is 4. The first kappa shape index (κ1) is 12.0. The molecule has 1 amide bonds. The first-order valence-electron chi connectivity index (χ1n) is 3.81. The molecule has 0 saturated heterocycles. The van der Waals surface area contributed by atoms with Crippen LogP contribution in [0.1, 0.15) is 13.8 Å². The van der Waals surface area contributed by atoms with Crippen LogP contribution in [-0.2, 0) is 9.88 Å². The summed E-state index contributed by atoms with van der Waals surface area (Å²) >= 11 is 3.39. The molecule has 0 aliphatic heterocycles. The minimum atomic E-state index is -0.646. The lowest BCUT2D eigenvalue weighted by Gasteiger charge is -2.06. The Hall–Kier alpha value is -0.950. The number of hydroxylamine groups is 1. The van der Waals surface area contributed by atoms with E-state index in [1.165, 1.54) is 0 Å². The molecule has 7 heteroatoms. The van der Waals surface area contributed by atoms with Gasteiger partial charge in [-0.1, -0.05) is 17.6 Å². The van der Waals surface area contributed by atoms with Crippen molar-refractivity contribution in [2.75, 3.05) is 13.1 Å². The Balaban J connectivity index is 3.69. The molecule has 0 radical (unpaired) electrons. The summed E-state index contributed by atoms with van der Waals surface area (Å²) in [4.78, 5) is 23.0. The van der Waals surface area contributed by atoms with E-state index in [4.69, 9.17) is 0 Å². The Morgan fingerprint density at radius 1 is 1.54 bits per heavy atom. The third kappa shape index (κ3) is 7.41. The molecule has 0 fully saturated rings. The van der Waals surface area contributed by atoms with Gasteiger partial charge in [-0.3, -0.25) is 9.68 Å². The second-order valence-electron chi connectivity index (χ2n) is 1.88. The van der Waals surface area contributed by atoms with E-state index in [2.05, 4.69) is 32.8 Å². The van der Waals surface area contributed by atoms with E-state index < -0.39 is 5.24 Å². The van der Waals surface area contributed by atoms with Crippen molar-refractivity contribution < 1.29 is 14.7 Å². The van der Waals surface area contributed by atoms with Gasteiger partial charge in [0.15, 0.2) is 0 Å². The Morgan fingerprint density at radius 3 is 2.69 bits per heavy atom. The molecule has 2 N–H and O–H groups in total. The Kier molecular flexibility index (Phi) is 7.12. The van der Waals surface area contributed by atoms with Crippen molar-refractivity contribution in [1.82, 2.24) is 10.8 Å². The third-order valence-electron chi connectivity index (χ3n) is 0.879. The molecule has 6 nitrogen and oxygen atoms in total. The number of amidine groups is 1. The minimum absolute atomic E-state index is 0.215. The fourth-order valence-corrected chi connectivity index (χ4v) is 0.540. The molecule has 0 bridgehead atoms. The lowest BCUT2D eigenvalue weighted by atomic mass is 10.7. The van der Waals surface area contributed by atoms with E-state index in [-0.39, 0.29) is 6.02 Å². The zero-order chi connectivity index (χ0) is 10.1. The monoisotopic (exact) mass is 207 g/mol. The lowest BCUT2D eigenvalue weighted by molar-refractivity contribution is -0.258. The maximum absolute atomic E-state index is 10.2. The molecule has 13 heavy (non-hydrogen) atoms. The highest BCUT2D eigenvalue weighted by Crippen LogP contribution is 1.82. The second kappa shape index (κ2) is 7.69. The Bertz CT molecular complexity index is 186. The largest absolute Gasteiger partial charge is 0.338 e. The van der Waals surface area contributed by atoms with E-state index in [0.29, 0.717) is 13.1 Å². The predicted molar refractivity (Wildman–Crippen MR) is 51.3 cm³/mol. The van der Waals surface area contributed by atoms with Gasteiger partial charge < -0.3 is 5.32 Å². The number of carbonyl (C=O) groups excluding carboxylic acids is 1. The first-order chi connectivity index (χ1) is 6.20. The predicted octanol–water partition coefficient (Wildman–Crippen LogP) is 0.474. The highest BCUT2D eigenvalue weighted by molar-refractivity contribution is 7.96. The molecule has 0 atom stereocenters.